The van der Waals surface area contributed by atoms with Crippen LogP contribution in [0, 0.1) is 5.41 Å². The predicted molar refractivity (Wildman–Crippen MR) is 51.5 cm³/mol. The van der Waals surface area contributed by atoms with Crippen molar-refractivity contribution < 1.29 is 14.3 Å². The Hall–Kier alpha value is -0.570. The first kappa shape index (κ1) is 12.4. The van der Waals surface area contributed by atoms with Gasteiger partial charge in [0.2, 0.25) is 0 Å². The van der Waals surface area contributed by atoms with E-state index in [9.17, 15) is 4.79 Å². The van der Waals surface area contributed by atoms with Crippen LogP contribution in [0.3, 0.4) is 0 Å². The minimum atomic E-state index is -0.381. The van der Waals surface area contributed by atoms with Crippen LogP contribution in [-0.4, -0.2) is 25.8 Å². The van der Waals surface area contributed by atoms with Gasteiger partial charge in [-0.2, -0.15) is 0 Å². The lowest BCUT2D eigenvalue weighted by Crippen LogP contribution is -2.28. The van der Waals surface area contributed by atoms with Gasteiger partial charge in [0.15, 0.2) is 0 Å². The zero-order chi connectivity index (χ0) is 10.5. The second kappa shape index (κ2) is 5.22. The molecule has 0 spiro atoms. The first-order valence-electron chi connectivity index (χ1n) is 4.64. The summed E-state index contributed by atoms with van der Waals surface area (Å²) in [5.41, 5.74) is -0.381. The van der Waals surface area contributed by atoms with Gasteiger partial charge >= 0.3 is 5.97 Å². The van der Waals surface area contributed by atoms with E-state index in [1.165, 1.54) is 0 Å². The minimum absolute atomic E-state index is 0.0309. The number of methoxy groups -OCH3 is 1. The lowest BCUT2D eigenvalue weighted by molar-refractivity contribution is -0.157. The molecule has 0 radical (unpaired) electrons. The van der Waals surface area contributed by atoms with Crippen LogP contribution >= 0.6 is 0 Å². The summed E-state index contributed by atoms with van der Waals surface area (Å²) in [6.07, 6.45) is 0.754. The maximum Gasteiger partial charge on any atom is 0.311 e. The molecule has 13 heavy (non-hydrogen) atoms. The zero-order valence-corrected chi connectivity index (χ0v) is 9.22. The van der Waals surface area contributed by atoms with E-state index in [4.69, 9.17) is 9.47 Å². The molecule has 1 unspecified atom stereocenters. The molecule has 0 rings (SSSR count). The third-order valence-corrected chi connectivity index (χ3v) is 2.29. The van der Waals surface area contributed by atoms with E-state index in [1.54, 1.807) is 7.11 Å². The lowest BCUT2D eigenvalue weighted by atomic mass is 9.91. The first-order chi connectivity index (χ1) is 5.94. The molecule has 0 aliphatic heterocycles. The van der Waals surface area contributed by atoms with Crippen molar-refractivity contribution in [3.8, 4) is 0 Å². The van der Waals surface area contributed by atoms with E-state index in [0.29, 0.717) is 6.61 Å². The molecular weight excluding hydrogens is 168 g/mol. The van der Waals surface area contributed by atoms with E-state index in [0.717, 1.165) is 6.42 Å². The van der Waals surface area contributed by atoms with E-state index >= 15 is 0 Å². The highest BCUT2D eigenvalue weighted by Crippen LogP contribution is 2.21. The largest absolute Gasteiger partial charge is 0.463 e. The summed E-state index contributed by atoms with van der Waals surface area (Å²) >= 11 is 0. The fourth-order valence-electron chi connectivity index (χ4n) is 0.601. The number of hydrogen-bond acceptors (Lipinski definition) is 3. The molecule has 0 bridgehead atoms. The quantitative estimate of drug-likeness (QED) is 0.619. The summed E-state index contributed by atoms with van der Waals surface area (Å²) in [5, 5.41) is 0. The van der Waals surface area contributed by atoms with Crippen LogP contribution in [0.4, 0.5) is 0 Å². The van der Waals surface area contributed by atoms with Crippen LogP contribution in [0.5, 0.6) is 0 Å². The van der Waals surface area contributed by atoms with Crippen LogP contribution < -0.4 is 0 Å². The lowest BCUT2D eigenvalue weighted by Gasteiger charge is -2.21. The fraction of sp³-hybridized carbons (Fsp3) is 0.900. The summed E-state index contributed by atoms with van der Waals surface area (Å²) in [6.45, 7) is 7.94. The van der Waals surface area contributed by atoms with Gasteiger partial charge in [-0.05, 0) is 27.2 Å². The SMILES string of the molecule is CCC(C)(C)C(=O)OCC(C)OC. The third kappa shape index (κ3) is 4.27. The molecule has 0 saturated carbocycles. The van der Waals surface area contributed by atoms with Crippen LogP contribution in [-0.2, 0) is 14.3 Å². The predicted octanol–water partition coefficient (Wildman–Crippen LogP) is 2.00. The Bertz CT molecular complexity index is 164. The molecule has 1 atom stereocenters. The van der Waals surface area contributed by atoms with Gasteiger partial charge in [-0.25, -0.2) is 0 Å². The van der Waals surface area contributed by atoms with Gasteiger partial charge in [0.1, 0.15) is 6.61 Å². The minimum Gasteiger partial charge on any atom is -0.463 e. The molecule has 0 saturated heterocycles. The Labute approximate surface area is 80.4 Å². The van der Waals surface area contributed by atoms with Gasteiger partial charge in [0, 0.05) is 7.11 Å². The molecule has 0 amide bonds. The van der Waals surface area contributed by atoms with Gasteiger partial charge in [0.05, 0.1) is 11.5 Å². The summed E-state index contributed by atoms with van der Waals surface area (Å²) in [6, 6.07) is 0. The molecule has 0 heterocycles. The number of rotatable bonds is 5. The number of carbonyl (C=O) groups excluding carboxylic acids is 1. The molecule has 0 aromatic carbocycles. The van der Waals surface area contributed by atoms with E-state index < -0.39 is 0 Å². The monoisotopic (exact) mass is 188 g/mol. The van der Waals surface area contributed by atoms with Crippen molar-refractivity contribution in [2.45, 2.75) is 40.2 Å². The molecule has 0 aliphatic rings. The molecule has 0 aromatic rings. The van der Waals surface area contributed by atoms with E-state index in [2.05, 4.69) is 0 Å². The van der Waals surface area contributed by atoms with Gasteiger partial charge in [0.25, 0.3) is 0 Å². The highest BCUT2D eigenvalue weighted by atomic mass is 16.6. The van der Waals surface area contributed by atoms with Gasteiger partial charge in [-0.3, -0.25) is 4.79 Å². The summed E-state index contributed by atoms with van der Waals surface area (Å²) in [4.78, 5) is 11.4. The number of ether oxygens (including phenoxy) is 2. The highest BCUT2D eigenvalue weighted by Gasteiger charge is 2.27. The third-order valence-electron chi connectivity index (χ3n) is 2.29. The van der Waals surface area contributed by atoms with E-state index in [-0.39, 0.29) is 17.5 Å². The molecule has 0 fully saturated rings. The van der Waals surface area contributed by atoms with Crippen LogP contribution in [0.2, 0.25) is 0 Å². The zero-order valence-electron chi connectivity index (χ0n) is 9.22. The van der Waals surface area contributed by atoms with Crippen molar-refractivity contribution >= 4 is 5.97 Å². The van der Waals surface area contributed by atoms with Crippen LogP contribution in [0.1, 0.15) is 34.1 Å². The van der Waals surface area contributed by atoms with Gasteiger partial charge < -0.3 is 9.47 Å². The Balaban J connectivity index is 3.88. The summed E-state index contributed by atoms with van der Waals surface area (Å²) in [7, 11) is 1.60. The topological polar surface area (TPSA) is 35.5 Å². The second-order valence-electron chi connectivity index (χ2n) is 3.88. The van der Waals surface area contributed by atoms with Crippen molar-refractivity contribution in [2.75, 3.05) is 13.7 Å². The Morgan fingerprint density at radius 2 is 2.00 bits per heavy atom. The maximum absolute atomic E-state index is 11.4. The Morgan fingerprint density at radius 1 is 1.46 bits per heavy atom. The van der Waals surface area contributed by atoms with E-state index in [1.807, 2.05) is 27.7 Å². The van der Waals surface area contributed by atoms with Crippen LogP contribution in [0.25, 0.3) is 0 Å². The smallest absolute Gasteiger partial charge is 0.311 e. The molecule has 0 aliphatic carbocycles. The average molecular weight is 188 g/mol. The number of esters is 1. The standard InChI is InChI=1S/C10H20O3/c1-6-10(3,4)9(11)13-7-8(2)12-5/h8H,6-7H2,1-5H3. The summed E-state index contributed by atoms with van der Waals surface area (Å²) in [5.74, 6) is -0.154. The van der Waals surface area contributed by atoms with Gasteiger partial charge in [-0.15, -0.1) is 0 Å². The molecular formula is C10H20O3. The fourth-order valence-corrected chi connectivity index (χ4v) is 0.601. The number of carbonyl (C=O) groups is 1. The second-order valence-corrected chi connectivity index (χ2v) is 3.88. The first-order valence-corrected chi connectivity index (χ1v) is 4.64. The Kier molecular flexibility index (Phi) is 4.99. The molecule has 0 N–H and O–H groups in total. The average Bonchev–Trinajstić information content (AvgIpc) is 2.13. The van der Waals surface area contributed by atoms with Gasteiger partial charge in [-0.1, -0.05) is 6.92 Å². The van der Waals surface area contributed by atoms with Crippen molar-refractivity contribution in [1.82, 2.24) is 0 Å². The summed E-state index contributed by atoms with van der Waals surface area (Å²) < 4.78 is 10.1. The van der Waals surface area contributed by atoms with Crippen molar-refractivity contribution in [3.05, 3.63) is 0 Å². The van der Waals surface area contributed by atoms with Crippen LogP contribution in [0.15, 0.2) is 0 Å². The van der Waals surface area contributed by atoms with Crippen molar-refractivity contribution in [2.24, 2.45) is 5.41 Å². The van der Waals surface area contributed by atoms with Crippen molar-refractivity contribution in [1.29, 1.82) is 0 Å². The molecule has 0 aromatic heterocycles. The molecule has 3 nitrogen and oxygen atoms in total. The normalized spacial score (nSPS) is 13.9. The van der Waals surface area contributed by atoms with Crippen molar-refractivity contribution in [3.63, 3.8) is 0 Å². The molecule has 3 heteroatoms. The molecule has 78 valence electrons. The highest BCUT2D eigenvalue weighted by molar-refractivity contribution is 5.75. The number of hydrogen-bond donors (Lipinski definition) is 0. The Morgan fingerprint density at radius 3 is 2.38 bits per heavy atom. The maximum atomic E-state index is 11.4.